The third kappa shape index (κ3) is 4.88. The third-order valence-corrected chi connectivity index (χ3v) is 1.98. The predicted molar refractivity (Wildman–Crippen MR) is 59.8 cm³/mol. The van der Waals surface area contributed by atoms with Crippen LogP contribution in [0.3, 0.4) is 0 Å². The number of ether oxygens (including phenoxy) is 2. The van der Waals surface area contributed by atoms with Gasteiger partial charge in [0.1, 0.15) is 11.9 Å². The number of hydrogen-bond acceptors (Lipinski definition) is 5. The molecule has 0 aliphatic carbocycles. The molecule has 0 fully saturated rings. The molecule has 0 amide bonds. The molecule has 0 bridgehead atoms. The third-order valence-electron chi connectivity index (χ3n) is 1.98. The minimum absolute atomic E-state index is 0.0713. The maximum absolute atomic E-state index is 10.8. The van der Waals surface area contributed by atoms with Crippen LogP contribution in [0.1, 0.15) is 29.4 Å². The Morgan fingerprint density at radius 3 is 2.82 bits per heavy atom. The number of aromatic nitrogens is 2. The quantitative estimate of drug-likeness (QED) is 0.686. The zero-order valence-corrected chi connectivity index (χ0v) is 9.76. The lowest BCUT2D eigenvalue weighted by atomic mass is 10.2. The van der Waals surface area contributed by atoms with Crippen molar-refractivity contribution in [3.05, 3.63) is 23.8 Å². The Kier molecular flexibility index (Phi) is 6.13. The highest BCUT2D eigenvalue weighted by atomic mass is 16.5. The van der Waals surface area contributed by atoms with E-state index in [-0.39, 0.29) is 12.2 Å². The van der Waals surface area contributed by atoms with Crippen molar-refractivity contribution in [2.45, 2.75) is 20.0 Å². The summed E-state index contributed by atoms with van der Waals surface area (Å²) in [6.07, 6.45) is 3.54. The fourth-order valence-corrected chi connectivity index (χ4v) is 1.18. The van der Waals surface area contributed by atoms with Gasteiger partial charge in [0, 0.05) is 12.8 Å². The lowest BCUT2D eigenvalue weighted by Crippen LogP contribution is -2.10. The Morgan fingerprint density at radius 1 is 1.35 bits per heavy atom. The Balaban J connectivity index is 2.34. The summed E-state index contributed by atoms with van der Waals surface area (Å²) in [5.74, 6) is -1.05. The molecular weight excluding hydrogens is 224 g/mol. The monoisotopic (exact) mass is 240 g/mol. The van der Waals surface area contributed by atoms with Crippen molar-refractivity contribution in [3.63, 3.8) is 0 Å². The van der Waals surface area contributed by atoms with Crippen LogP contribution in [0.15, 0.2) is 12.5 Å². The molecule has 1 aromatic heterocycles. The molecule has 17 heavy (non-hydrogen) atoms. The number of aromatic carboxylic acids is 1. The lowest BCUT2D eigenvalue weighted by molar-refractivity contribution is 0.0389. The van der Waals surface area contributed by atoms with Crippen molar-refractivity contribution in [1.82, 2.24) is 9.97 Å². The van der Waals surface area contributed by atoms with Crippen molar-refractivity contribution in [2.24, 2.45) is 0 Å². The molecule has 0 aliphatic rings. The summed E-state index contributed by atoms with van der Waals surface area (Å²) >= 11 is 0. The summed E-state index contributed by atoms with van der Waals surface area (Å²) in [7, 11) is 0. The Hall–Kier alpha value is -1.53. The first-order valence-electron chi connectivity index (χ1n) is 5.43. The maximum Gasteiger partial charge on any atom is 0.339 e. The van der Waals surface area contributed by atoms with E-state index in [1.165, 1.54) is 12.5 Å². The highest BCUT2D eigenvalue weighted by Crippen LogP contribution is 2.04. The van der Waals surface area contributed by atoms with Crippen molar-refractivity contribution >= 4 is 5.97 Å². The molecule has 6 nitrogen and oxygen atoms in total. The molecule has 0 aromatic carbocycles. The Morgan fingerprint density at radius 2 is 2.12 bits per heavy atom. The minimum atomic E-state index is -1.05. The standard InChI is InChI=1S/C11H16N2O4/c1-2-3-16-4-5-17-7-10-9(11(14)15)6-12-8-13-10/h6,8H,2-5,7H2,1H3,(H,14,15). The van der Waals surface area contributed by atoms with Gasteiger partial charge in [-0.15, -0.1) is 0 Å². The molecule has 0 saturated carbocycles. The fourth-order valence-electron chi connectivity index (χ4n) is 1.18. The van der Waals surface area contributed by atoms with E-state index < -0.39 is 5.97 Å². The predicted octanol–water partition coefficient (Wildman–Crippen LogP) is 1.12. The van der Waals surface area contributed by atoms with Crippen LogP contribution in [0, 0.1) is 0 Å². The second-order valence-electron chi connectivity index (χ2n) is 3.35. The van der Waals surface area contributed by atoms with Gasteiger partial charge < -0.3 is 14.6 Å². The summed E-state index contributed by atoms with van der Waals surface area (Å²) in [4.78, 5) is 18.4. The lowest BCUT2D eigenvalue weighted by Gasteiger charge is -2.06. The molecule has 1 aromatic rings. The van der Waals surface area contributed by atoms with E-state index in [0.717, 1.165) is 6.42 Å². The van der Waals surface area contributed by atoms with E-state index in [4.69, 9.17) is 14.6 Å². The Bertz CT molecular complexity index is 357. The highest BCUT2D eigenvalue weighted by molar-refractivity contribution is 5.88. The van der Waals surface area contributed by atoms with Gasteiger partial charge in [-0.05, 0) is 6.42 Å². The molecule has 6 heteroatoms. The second kappa shape index (κ2) is 7.70. The molecule has 1 rings (SSSR count). The molecule has 94 valence electrons. The van der Waals surface area contributed by atoms with Crippen LogP contribution in [0.5, 0.6) is 0 Å². The van der Waals surface area contributed by atoms with Crippen LogP contribution in [-0.4, -0.2) is 40.9 Å². The van der Waals surface area contributed by atoms with Crippen LogP contribution in [0.2, 0.25) is 0 Å². The van der Waals surface area contributed by atoms with Gasteiger partial charge >= 0.3 is 5.97 Å². The zero-order valence-electron chi connectivity index (χ0n) is 9.76. The van der Waals surface area contributed by atoms with Gasteiger partial charge in [0.05, 0.1) is 25.5 Å². The molecule has 0 spiro atoms. The van der Waals surface area contributed by atoms with Crippen LogP contribution in [-0.2, 0) is 16.1 Å². The molecule has 0 unspecified atom stereocenters. The first-order chi connectivity index (χ1) is 8.25. The molecule has 0 aliphatic heterocycles. The van der Waals surface area contributed by atoms with Gasteiger partial charge in [-0.25, -0.2) is 14.8 Å². The van der Waals surface area contributed by atoms with E-state index in [1.807, 2.05) is 6.92 Å². The molecule has 0 saturated heterocycles. The largest absolute Gasteiger partial charge is 0.478 e. The van der Waals surface area contributed by atoms with Gasteiger partial charge in [0.15, 0.2) is 0 Å². The smallest absolute Gasteiger partial charge is 0.339 e. The number of hydrogen-bond donors (Lipinski definition) is 1. The average molecular weight is 240 g/mol. The number of carboxylic acids is 1. The topological polar surface area (TPSA) is 81.5 Å². The normalized spacial score (nSPS) is 10.4. The van der Waals surface area contributed by atoms with Crippen molar-refractivity contribution in [3.8, 4) is 0 Å². The summed E-state index contributed by atoms with van der Waals surface area (Å²) in [6, 6.07) is 0. The van der Waals surface area contributed by atoms with E-state index in [9.17, 15) is 4.79 Å². The summed E-state index contributed by atoms with van der Waals surface area (Å²) in [6.45, 7) is 3.81. The van der Waals surface area contributed by atoms with E-state index in [1.54, 1.807) is 0 Å². The van der Waals surface area contributed by atoms with Crippen molar-refractivity contribution in [1.29, 1.82) is 0 Å². The van der Waals surface area contributed by atoms with Crippen molar-refractivity contribution < 1.29 is 19.4 Å². The van der Waals surface area contributed by atoms with E-state index >= 15 is 0 Å². The van der Waals surface area contributed by atoms with E-state index in [2.05, 4.69) is 9.97 Å². The summed E-state index contributed by atoms with van der Waals surface area (Å²) in [5, 5.41) is 8.88. The van der Waals surface area contributed by atoms with Crippen LogP contribution in [0.4, 0.5) is 0 Å². The second-order valence-corrected chi connectivity index (χ2v) is 3.35. The highest BCUT2D eigenvalue weighted by Gasteiger charge is 2.10. The van der Waals surface area contributed by atoms with Crippen molar-refractivity contribution in [2.75, 3.05) is 19.8 Å². The minimum Gasteiger partial charge on any atom is -0.478 e. The maximum atomic E-state index is 10.8. The van der Waals surface area contributed by atoms with Gasteiger partial charge in [0.2, 0.25) is 0 Å². The Labute approximate surface area is 99.6 Å². The first kappa shape index (κ1) is 13.5. The molecule has 0 atom stereocenters. The average Bonchev–Trinajstić information content (AvgIpc) is 2.34. The number of rotatable bonds is 8. The van der Waals surface area contributed by atoms with Crippen LogP contribution in [0.25, 0.3) is 0 Å². The summed E-state index contributed by atoms with van der Waals surface area (Å²) < 4.78 is 10.5. The van der Waals surface area contributed by atoms with Gasteiger partial charge in [-0.2, -0.15) is 0 Å². The molecule has 1 N–H and O–H groups in total. The zero-order chi connectivity index (χ0) is 12.5. The summed E-state index contributed by atoms with van der Waals surface area (Å²) in [5.41, 5.74) is 0.449. The van der Waals surface area contributed by atoms with Gasteiger partial charge in [-0.3, -0.25) is 0 Å². The number of nitrogens with zero attached hydrogens (tertiary/aromatic N) is 2. The molecular formula is C11H16N2O4. The first-order valence-corrected chi connectivity index (χ1v) is 5.43. The fraction of sp³-hybridized carbons (Fsp3) is 0.545. The number of carbonyl (C=O) groups is 1. The van der Waals surface area contributed by atoms with Gasteiger partial charge in [-0.1, -0.05) is 6.92 Å². The van der Waals surface area contributed by atoms with Crippen LogP contribution >= 0.6 is 0 Å². The molecule has 0 radical (unpaired) electrons. The number of carboxylic acid groups (broad SMARTS) is 1. The molecule has 1 heterocycles. The SMILES string of the molecule is CCCOCCOCc1ncncc1C(=O)O. The van der Waals surface area contributed by atoms with Gasteiger partial charge in [0.25, 0.3) is 0 Å². The van der Waals surface area contributed by atoms with Crippen LogP contribution < -0.4 is 0 Å². The van der Waals surface area contributed by atoms with E-state index in [0.29, 0.717) is 25.5 Å².